The van der Waals surface area contributed by atoms with Gasteiger partial charge in [0.25, 0.3) is 5.91 Å². The summed E-state index contributed by atoms with van der Waals surface area (Å²) in [6, 6.07) is 19.7. The Morgan fingerprint density at radius 1 is 1.00 bits per heavy atom. The Bertz CT molecular complexity index is 1360. The van der Waals surface area contributed by atoms with Gasteiger partial charge in [0.15, 0.2) is 0 Å². The fraction of sp³-hybridized carbons (Fsp3) is 0.120. The molecule has 1 amide bonds. The largest absolute Gasteiger partial charge is 0.383 e. The van der Waals surface area contributed by atoms with Gasteiger partial charge in [-0.2, -0.15) is 0 Å². The number of imidazole rings is 1. The third-order valence-corrected chi connectivity index (χ3v) is 6.14. The zero-order valence-corrected chi connectivity index (χ0v) is 18.2. The van der Waals surface area contributed by atoms with Crippen LogP contribution in [0.15, 0.2) is 83.8 Å². The standard InChI is InChI=1S/C25H21ClN4O3/c26-21-22(24(32)18-4-2-1-3-17(18)23(21)31)27-12-14-5-7-15(8-6-14)25(33)30-16-9-10-19-20(11-16)29-13-28-19/h1-11,13,23-24,27,31-32H,12H2,(H,28,29)(H,30,33). The molecule has 1 heterocycles. The Morgan fingerprint density at radius 3 is 2.48 bits per heavy atom. The van der Waals surface area contributed by atoms with E-state index in [-0.39, 0.29) is 10.9 Å². The smallest absolute Gasteiger partial charge is 0.255 e. The molecule has 5 N–H and O–H groups in total. The number of nitrogens with one attached hydrogen (secondary N) is 3. The van der Waals surface area contributed by atoms with Crippen LogP contribution in [0.2, 0.25) is 0 Å². The lowest BCUT2D eigenvalue weighted by Gasteiger charge is -2.29. The Hall–Kier alpha value is -3.65. The first-order valence-corrected chi connectivity index (χ1v) is 10.8. The van der Waals surface area contributed by atoms with E-state index in [0.29, 0.717) is 34.6 Å². The van der Waals surface area contributed by atoms with Crippen LogP contribution in [0.25, 0.3) is 11.0 Å². The highest BCUT2D eigenvalue weighted by Crippen LogP contribution is 2.40. The van der Waals surface area contributed by atoms with E-state index >= 15 is 0 Å². The molecule has 1 aliphatic rings. The van der Waals surface area contributed by atoms with E-state index in [4.69, 9.17) is 11.6 Å². The Labute approximate surface area is 194 Å². The summed E-state index contributed by atoms with van der Waals surface area (Å²) < 4.78 is 0. The molecule has 166 valence electrons. The number of aliphatic hydroxyl groups excluding tert-OH is 2. The summed E-state index contributed by atoms with van der Waals surface area (Å²) in [4.78, 5) is 19.8. The second-order valence-corrected chi connectivity index (χ2v) is 8.24. The van der Waals surface area contributed by atoms with Crippen molar-refractivity contribution in [1.29, 1.82) is 0 Å². The number of aromatic amines is 1. The topological polar surface area (TPSA) is 110 Å². The molecule has 2 atom stereocenters. The maximum atomic E-state index is 12.6. The molecule has 1 aromatic heterocycles. The second kappa shape index (κ2) is 8.71. The highest BCUT2D eigenvalue weighted by molar-refractivity contribution is 6.30. The third kappa shape index (κ3) is 4.09. The number of amides is 1. The SMILES string of the molecule is O=C(Nc1ccc2[nH]cnc2c1)c1ccc(CNC2=C(Cl)C(O)c3ccccc3C2O)cc1. The first kappa shape index (κ1) is 21.2. The highest BCUT2D eigenvalue weighted by atomic mass is 35.5. The van der Waals surface area contributed by atoms with E-state index in [0.717, 1.165) is 16.6 Å². The third-order valence-electron chi connectivity index (χ3n) is 5.73. The van der Waals surface area contributed by atoms with Crippen molar-refractivity contribution in [3.05, 3.63) is 106 Å². The average molecular weight is 461 g/mol. The van der Waals surface area contributed by atoms with E-state index < -0.39 is 12.2 Å². The van der Waals surface area contributed by atoms with Crippen molar-refractivity contribution >= 4 is 34.2 Å². The monoisotopic (exact) mass is 460 g/mol. The van der Waals surface area contributed by atoms with E-state index in [1.54, 1.807) is 36.7 Å². The molecule has 0 spiro atoms. The van der Waals surface area contributed by atoms with Crippen molar-refractivity contribution in [3.8, 4) is 0 Å². The van der Waals surface area contributed by atoms with Crippen molar-refractivity contribution in [1.82, 2.24) is 15.3 Å². The van der Waals surface area contributed by atoms with Crippen LogP contribution in [0, 0.1) is 0 Å². The Kier molecular flexibility index (Phi) is 5.60. The molecule has 5 rings (SSSR count). The van der Waals surface area contributed by atoms with Crippen LogP contribution in [-0.2, 0) is 6.54 Å². The predicted octanol–water partition coefficient (Wildman–Crippen LogP) is 4.14. The fourth-order valence-corrected chi connectivity index (χ4v) is 4.23. The summed E-state index contributed by atoms with van der Waals surface area (Å²) in [5.41, 5.74) is 5.34. The van der Waals surface area contributed by atoms with E-state index in [1.165, 1.54) is 0 Å². The summed E-state index contributed by atoms with van der Waals surface area (Å²) in [7, 11) is 0. The van der Waals surface area contributed by atoms with Crippen molar-refractivity contribution in [2.24, 2.45) is 0 Å². The number of carbonyl (C=O) groups excluding carboxylic acids is 1. The van der Waals surface area contributed by atoms with Gasteiger partial charge < -0.3 is 25.8 Å². The van der Waals surface area contributed by atoms with Crippen LogP contribution < -0.4 is 10.6 Å². The molecular formula is C25H21ClN4O3. The highest BCUT2D eigenvalue weighted by Gasteiger charge is 2.31. The number of rotatable bonds is 5. The van der Waals surface area contributed by atoms with Crippen LogP contribution in [0.4, 0.5) is 5.69 Å². The Morgan fingerprint density at radius 2 is 1.73 bits per heavy atom. The van der Waals surface area contributed by atoms with Gasteiger partial charge in [-0.15, -0.1) is 0 Å². The molecule has 0 saturated heterocycles. The molecule has 0 aliphatic heterocycles. The van der Waals surface area contributed by atoms with E-state index in [1.807, 2.05) is 36.4 Å². The van der Waals surface area contributed by atoms with Crippen LogP contribution in [-0.4, -0.2) is 26.1 Å². The van der Waals surface area contributed by atoms with E-state index in [2.05, 4.69) is 20.6 Å². The molecule has 33 heavy (non-hydrogen) atoms. The number of benzene rings is 3. The maximum Gasteiger partial charge on any atom is 0.255 e. The zero-order chi connectivity index (χ0) is 22.9. The summed E-state index contributed by atoms with van der Waals surface area (Å²) in [6.45, 7) is 0.370. The number of H-pyrrole nitrogens is 1. The van der Waals surface area contributed by atoms with E-state index in [9.17, 15) is 15.0 Å². The normalized spacial score (nSPS) is 17.7. The Balaban J connectivity index is 1.25. The molecule has 0 saturated carbocycles. The quantitative estimate of drug-likeness (QED) is 0.307. The summed E-state index contributed by atoms with van der Waals surface area (Å²) >= 11 is 6.34. The van der Waals surface area contributed by atoms with Gasteiger partial charge in [-0.05, 0) is 47.0 Å². The van der Waals surface area contributed by atoms with Gasteiger partial charge in [-0.1, -0.05) is 48.0 Å². The van der Waals surface area contributed by atoms with Gasteiger partial charge in [0.2, 0.25) is 0 Å². The summed E-state index contributed by atoms with van der Waals surface area (Å²) in [5, 5.41) is 27.4. The lowest BCUT2D eigenvalue weighted by Crippen LogP contribution is -2.26. The van der Waals surface area contributed by atoms with Crippen molar-refractivity contribution in [2.45, 2.75) is 18.8 Å². The first-order chi connectivity index (χ1) is 16.0. The minimum absolute atomic E-state index is 0.172. The van der Waals surface area contributed by atoms with Gasteiger partial charge in [0, 0.05) is 17.8 Å². The zero-order valence-electron chi connectivity index (χ0n) is 17.4. The van der Waals surface area contributed by atoms with Crippen molar-refractivity contribution < 1.29 is 15.0 Å². The molecule has 0 fully saturated rings. The summed E-state index contributed by atoms with van der Waals surface area (Å²) in [5.74, 6) is -0.224. The van der Waals surface area contributed by atoms with Gasteiger partial charge >= 0.3 is 0 Å². The lowest BCUT2D eigenvalue weighted by molar-refractivity contribution is 0.102. The number of fused-ring (bicyclic) bond motifs is 2. The maximum absolute atomic E-state index is 12.6. The van der Waals surface area contributed by atoms with Gasteiger partial charge in [-0.3, -0.25) is 4.79 Å². The molecule has 3 aromatic carbocycles. The molecule has 0 radical (unpaired) electrons. The van der Waals surface area contributed by atoms with Crippen LogP contribution >= 0.6 is 11.6 Å². The van der Waals surface area contributed by atoms with Crippen LogP contribution in [0.1, 0.15) is 39.3 Å². The number of aliphatic hydroxyl groups is 2. The number of carbonyl (C=O) groups is 1. The van der Waals surface area contributed by atoms with Gasteiger partial charge in [0.1, 0.15) is 12.2 Å². The second-order valence-electron chi connectivity index (χ2n) is 7.83. The van der Waals surface area contributed by atoms with Gasteiger partial charge in [-0.25, -0.2) is 4.98 Å². The molecular weight excluding hydrogens is 440 g/mol. The van der Waals surface area contributed by atoms with Gasteiger partial charge in [0.05, 0.1) is 28.1 Å². The fourth-order valence-electron chi connectivity index (χ4n) is 3.94. The number of halogens is 1. The van der Waals surface area contributed by atoms with Crippen molar-refractivity contribution in [3.63, 3.8) is 0 Å². The van der Waals surface area contributed by atoms with Crippen LogP contribution in [0.5, 0.6) is 0 Å². The molecule has 1 aliphatic carbocycles. The number of hydrogen-bond acceptors (Lipinski definition) is 5. The number of aromatic nitrogens is 2. The predicted molar refractivity (Wildman–Crippen MR) is 127 cm³/mol. The summed E-state index contributed by atoms with van der Waals surface area (Å²) in [6.07, 6.45) is -0.326. The minimum Gasteiger partial charge on any atom is -0.383 e. The molecule has 7 nitrogen and oxygen atoms in total. The number of nitrogens with zero attached hydrogens (tertiary/aromatic N) is 1. The molecule has 0 bridgehead atoms. The van der Waals surface area contributed by atoms with Crippen molar-refractivity contribution in [2.75, 3.05) is 5.32 Å². The molecule has 2 unspecified atom stereocenters. The number of anilines is 1. The van der Waals surface area contributed by atoms with Crippen LogP contribution in [0.3, 0.4) is 0 Å². The molecule has 4 aromatic rings. The molecule has 8 heteroatoms. The number of hydrogen-bond donors (Lipinski definition) is 5. The average Bonchev–Trinajstić information content (AvgIpc) is 3.31. The first-order valence-electron chi connectivity index (χ1n) is 10.4. The minimum atomic E-state index is -0.986. The lowest BCUT2D eigenvalue weighted by atomic mass is 9.90.